The van der Waals surface area contributed by atoms with Crippen molar-refractivity contribution in [2.45, 2.75) is 120 Å². The standard InChI is InChI=1S/C22H46/c1-9-15-21(5,6)17-11-13-19(3)20(4)14-12-18-22(7,8)16-10-2/h19-20H,9-18H2,1-8H3. The molecule has 0 aromatic carbocycles. The molecular weight excluding hydrogens is 264 g/mol. The molecule has 0 aromatic rings. The van der Waals surface area contributed by atoms with Gasteiger partial charge in [0.1, 0.15) is 0 Å². The van der Waals surface area contributed by atoms with E-state index in [9.17, 15) is 0 Å². The van der Waals surface area contributed by atoms with Gasteiger partial charge in [-0.25, -0.2) is 0 Å². The summed E-state index contributed by atoms with van der Waals surface area (Å²) >= 11 is 0. The maximum absolute atomic E-state index is 2.48. The van der Waals surface area contributed by atoms with Crippen molar-refractivity contribution in [2.75, 3.05) is 0 Å². The third-order valence-corrected chi connectivity index (χ3v) is 5.85. The van der Waals surface area contributed by atoms with Crippen molar-refractivity contribution in [3.05, 3.63) is 0 Å². The average molecular weight is 311 g/mol. The van der Waals surface area contributed by atoms with Gasteiger partial charge in [0, 0.05) is 0 Å². The Morgan fingerprint density at radius 1 is 0.591 bits per heavy atom. The SMILES string of the molecule is CCCC(C)(C)CCCC(C)C(C)CCCC(C)(C)CCC. The quantitative estimate of drug-likeness (QED) is 0.321. The van der Waals surface area contributed by atoms with Gasteiger partial charge in [-0.1, -0.05) is 93.9 Å². The molecule has 0 radical (unpaired) electrons. The Bertz CT molecular complexity index is 233. The summed E-state index contributed by atoms with van der Waals surface area (Å²) in [6, 6.07) is 0. The molecule has 0 nitrogen and oxygen atoms in total. The van der Waals surface area contributed by atoms with Crippen LogP contribution in [0.1, 0.15) is 120 Å². The average Bonchev–Trinajstić information content (AvgIpc) is 2.37. The highest BCUT2D eigenvalue weighted by Crippen LogP contribution is 2.33. The minimum atomic E-state index is 0.557. The third-order valence-electron chi connectivity index (χ3n) is 5.85. The predicted octanol–water partition coefficient (Wildman–Crippen LogP) is 8.25. The van der Waals surface area contributed by atoms with Crippen LogP contribution in [0.25, 0.3) is 0 Å². The van der Waals surface area contributed by atoms with Gasteiger partial charge in [0.15, 0.2) is 0 Å². The van der Waals surface area contributed by atoms with Gasteiger partial charge in [0.05, 0.1) is 0 Å². The summed E-state index contributed by atoms with van der Waals surface area (Å²) in [6.45, 7) is 19.4. The number of hydrogen-bond acceptors (Lipinski definition) is 0. The molecule has 0 aliphatic rings. The number of rotatable bonds is 13. The molecule has 0 saturated heterocycles. The largest absolute Gasteiger partial charge is 0.0654 e. The van der Waals surface area contributed by atoms with Crippen LogP contribution in [-0.2, 0) is 0 Å². The zero-order chi connectivity index (χ0) is 17.2. The second-order valence-corrected chi connectivity index (χ2v) is 9.57. The Morgan fingerprint density at radius 2 is 0.909 bits per heavy atom. The highest BCUT2D eigenvalue weighted by molar-refractivity contribution is 4.72. The highest BCUT2D eigenvalue weighted by atomic mass is 14.3. The molecule has 0 spiro atoms. The first-order valence-corrected chi connectivity index (χ1v) is 10.1. The zero-order valence-electron chi connectivity index (χ0n) is 17.2. The van der Waals surface area contributed by atoms with E-state index in [4.69, 9.17) is 0 Å². The third kappa shape index (κ3) is 10.7. The molecule has 0 bridgehead atoms. The maximum Gasteiger partial charge on any atom is -0.0354 e. The van der Waals surface area contributed by atoms with Crippen LogP contribution in [0.3, 0.4) is 0 Å². The van der Waals surface area contributed by atoms with Crippen LogP contribution >= 0.6 is 0 Å². The minimum absolute atomic E-state index is 0.557. The van der Waals surface area contributed by atoms with E-state index in [0.717, 1.165) is 11.8 Å². The predicted molar refractivity (Wildman–Crippen MR) is 103 cm³/mol. The lowest BCUT2D eigenvalue weighted by Crippen LogP contribution is -2.15. The van der Waals surface area contributed by atoms with Gasteiger partial charge in [-0.05, 0) is 48.3 Å². The van der Waals surface area contributed by atoms with Crippen LogP contribution in [0, 0.1) is 22.7 Å². The van der Waals surface area contributed by atoms with E-state index >= 15 is 0 Å². The van der Waals surface area contributed by atoms with Gasteiger partial charge >= 0.3 is 0 Å². The van der Waals surface area contributed by atoms with E-state index in [0.29, 0.717) is 10.8 Å². The summed E-state index contributed by atoms with van der Waals surface area (Å²) in [5.74, 6) is 1.79. The van der Waals surface area contributed by atoms with E-state index in [2.05, 4.69) is 55.4 Å². The fraction of sp³-hybridized carbons (Fsp3) is 1.00. The van der Waals surface area contributed by atoms with Crippen molar-refractivity contribution >= 4 is 0 Å². The molecular formula is C22H46. The van der Waals surface area contributed by atoms with Crippen molar-refractivity contribution in [2.24, 2.45) is 22.7 Å². The molecule has 2 atom stereocenters. The van der Waals surface area contributed by atoms with E-state index in [-0.39, 0.29) is 0 Å². The summed E-state index contributed by atoms with van der Waals surface area (Å²) < 4.78 is 0. The van der Waals surface area contributed by atoms with Crippen molar-refractivity contribution in [3.63, 3.8) is 0 Å². The van der Waals surface area contributed by atoms with Crippen molar-refractivity contribution in [1.29, 1.82) is 0 Å². The number of hydrogen-bond donors (Lipinski definition) is 0. The van der Waals surface area contributed by atoms with E-state index in [1.807, 2.05) is 0 Å². The van der Waals surface area contributed by atoms with Crippen molar-refractivity contribution in [3.8, 4) is 0 Å². The van der Waals surface area contributed by atoms with Crippen LogP contribution in [-0.4, -0.2) is 0 Å². The van der Waals surface area contributed by atoms with Gasteiger partial charge in [0.25, 0.3) is 0 Å². The Kier molecular flexibility index (Phi) is 10.7. The van der Waals surface area contributed by atoms with Crippen LogP contribution in [0.15, 0.2) is 0 Å². The fourth-order valence-corrected chi connectivity index (χ4v) is 3.98. The molecule has 134 valence electrons. The van der Waals surface area contributed by atoms with Gasteiger partial charge in [-0.3, -0.25) is 0 Å². The molecule has 0 aliphatic heterocycles. The zero-order valence-corrected chi connectivity index (χ0v) is 17.2. The molecule has 0 saturated carbocycles. The van der Waals surface area contributed by atoms with Gasteiger partial charge in [0.2, 0.25) is 0 Å². The molecule has 0 aliphatic carbocycles. The summed E-state index contributed by atoms with van der Waals surface area (Å²) in [5.41, 5.74) is 1.11. The van der Waals surface area contributed by atoms with E-state index in [1.54, 1.807) is 0 Å². The topological polar surface area (TPSA) is 0 Å². The smallest absolute Gasteiger partial charge is 0.0354 e. The Labute approximate surface area is 142 Å². The second-order valence-electron chi connectivity index (χ2n) is 9.57. The lowest BCUT2D eigenvalue weighted by molar-refractivity contribution is 0.247. The summed E-state index contributed by atoms with van der Waals surface area (Å²) in [4.78, 5) is 0. The summed E-state index contributed by atoms with van der Waals surface area (Å²) in [5, 5.41) is 0. The fourth-order valence-electron chi connectivity index (χ4n) is 3.98. The van der Waals surface area contributed by atoms with Crippen LogP contribution in [0.2, 0.25) is 0 Å². The molecule has 2 unspecified atom stereocenters. The Hall–Kier alpha value is 0. The lowest BCUT2D eigenvalue weighted by atomic mass is 9.78. The minimum Gasteiger partial charge on any atom is -0.0654 e. The second kappa shape index (κ2) is 10.7. The molecule has 22 heavy (non-hydrogen) atoms. The first-order valence-electron chi connectivity index (χ1n) is 10.1. The molecule has 0 fully saturated rings. The van der Waals surface area contributed by atoms with Gasteiger partial charge in [-0.2, -0.15) is 0 Å². The summed E-state index contributed by atoms with van der Waals surface area (Å²) in [7, 11) is 0. The first-order chi connectivity index (χ1) is 10.1. The Morgan fingerprint density at radius 3 is 1.18 bits per heavy atom. The van der Waals surface area contributed by atoms with Crippen LogP contribution in [0.4, 0.5) is 0 Å². The van der Waals surface area contributed by atoms with Crippen molar-refractivity contribution in [1.82, 2.24) is 0 Å². The Balaban J connectivity index is 3.90. The lowest BCUT2D eigenvalue weighted by Gasteiger charge is -2.27. The molecule has 0 aromatic heterocycles. The summed E-state index contributed by atoms with van der Waals surface area (Å²) in [6.07, 6.45) is 13.9. The normalized spacial score (nSPS) is 15.8. The van der Waals surface area contributed by atoms with Gasteiger partial charge in [-0.15, -0.1) is 0 Å². The van der Waals surface area contributed by atoms with E-state index < -0.39 is 0 Å². The van der Waals surface area contributed by atoms with Crippen molar-refractivity contribution < 1.29 is 0 Å². The molecule has 0 amide bonds. The van der Waals surface area contributed by atoms with Crippen LogP contribution in [0.5, 0.6) is 0 Å². The van der Waals surface area contributed by atoms with E-state index in [1.165, 1.54) is 64.2 Å². The monoisotopic (exact) mass is 310 g/mol. The van der Waals surface area contributed by atoms with Gasteiger partial charge < -0.3 is 0 Å². The first kappa shape index (κ1) is 22.0. The molecule has 0 heterocycles. The van der Waals surface area contributed by atoms with Crippen LogP contribution < -0.4 is 0 Å². The molecule has 0 heteroatoms. The maximum atomic E-state index is 2.48. The highest BCUT2D eigenvalue weighted by Gasteiger charge is 2.20. The molecule has 0 rings (SSSR count). The molecule has 0 N–H and O–H groups in total.